The number of benzene rings is 1. The molecule has 0 atom stereocenters. The zero-order chi connectivity index (χ0) is 14.4. The second-order valence-electron chi connectivity index (χ2n) is 3.82. The van der Waals surface area contributed by atoms with Crippen LogP contribution in [0.4, 0.5) is 0 Å². The van der Waals surface area contributed by atoms with Crippen LogP contribution in [0.3, 0.4) is 0 Å². The number of carbonyl (C=O) groups is 1. The summed E-state index contributed by atoms with van der Waals surface area (Å²) >= 11 is 0. The summed E-state index contributed by atoms with van der Waals surface area (Å²) in [5, 5.41) is 3.43. The van der Waals surface area contributed by atoms with Crippen LogP contribution < -0.4 is 10.6 Å². The molecule has 20 heavy (non-hydrogen) atoms. The van der Waals surface area contributed by atoms with Gasteiger partial charge in [0.2, 0.25) is 5.88 Å². The first kappa shape index (κ1) is 13.5. The molecular formula is C14H13N3O3. The number of aromatic nitrogens is 1. The number of ether oxygens (including phenoxy) is 2. The monoisotopic (exact) mass is 271 g/mol. The summed E-state index contributed by atoms with van der Waals surface area (Å²) in [5.41, 5.74) is 1.24. The van der Waals surface area contributed by atoms with Crippen molar-refractivity contribution < 1.29 is 14.3 Å². The molecule has 2 rings (SSSR count). The molecule has 0 bridgehead atoms. The Hall–Kier alpha value is -2.89. The molecule has 0 saturated carbocycles. The van der Waals surface area contributed by atoms with E-state index in [4.69, 9.17) is 10.6 Å². The lowest BCUT2D eigenvalue weighted by molar-refractivity contribution is 0.0600. The van der Waals surface area contributed by atoms with Crippen LogP contribution >= 0.6 is 0 Å². The first-order valence-corrected chi connectivity index (χ1v) is 5.78. The van der Waals surface area contributed by atoms with Crippen LogP contribution in [-0.2, 0) is 4.74 Å². The van der Waals surface area contributed by atoms with Gasteiger partial charge in [-0.05, 0) is 35.9 Å². The van der Waals surface area contributed by atoms with Crippen LogP contribution in [0.1, 0.15) is 15.9 Å². The van der Waals surface area contributed by atoms with E-state index in [9.17, 15) is 4.79 Å². The third-order valence-electron chi connectivity index (χ3n) is 2.48. The second-order valence-corrected chi connectivity index (χ2v) is 3.82. The molecule has 6 heteroatoms. The summed E-state index contributed by atoms with van der Waals surface area (Å²) in [7, 11) is 1.32. The molecule has 0 amide bonds. The van der Waals surface area contributed by atoms with E-state index in [2.05, 4.69) is 14.8 Å². The lowest BCUT2D eigenvalue weighted by Crippen LogP contribution is -2.01. The number of hydrazone groups is 1. The van der Waals surface area contributed by atoms with Crippen molar-refractivity contribution in [3.05, 3.63) is 53.7 Å². The van der Waals surface area contributed by atoms with E-state index in [0.717, 1.165) is 5.56 Å². The molecule has 2 aromatic rings. The van der Waals surface area contributed by atoms with E-state index in [1.807, 2.05) is 0 Å². The first-order valence-electron chi connectivity index (χ1n) is 5.78. The number of hydrogen-bond donors (Lipinski definition) is 1. The molecule has 1 aromatic carbocycles. The maximum Gasteiger partial charge on any atom is 0.338 e. The summed E-state index contributed by atoms with van der Waals surface area (Å²) in [4.78, 5) is 15.4. The van der Waals surface area contributed by atoms with Crippen molar-refractivity contribution >= 4 is 12.2 Å². The average Bonchev–Trinajstić information content (AvgIpc) is 2.49. The highest BCUT2D eigenvalue weighted by molar-refractivity contribution is 5.89. The zero-order valence-corrected chi connectivity index (χ0v) is 10.8. The molecule has 0 aliphatic heterocycles. The number of nitrogens with zero attached hydrogens (tertiary/aromatic N) is 2. The Balaban J connectivity index is 2.15. The van der Waals surface area contributed by atoms with Gasteiger partial charge in [-0.2, -0.15) is 5.10 Å². The normalized spacial score (nSPS) is 10.4. The van der Waals surface area contributed by atoms with Crippen molar-refractivity contribution in [2.24, 2.45) is 10.9 Å². The van der Waals surface area contributed by atoms with E-state index in [1.54, 1.807) is 30.3 Å². The number of hydrogen-bond acceptors (Lipinski definition) is 6. The smallest absolute Gasteiger partial charge is 0.338 e. The van der Waals surface area contributed by atoms with Gasteiger partial charge in [0.25, 0.3) is 0 Å². The number of nitrogens with two attached hydrogens (primary N) is 1. The first-order chi connectivity index (χ1) is 9.72. The van der Waals surface area contributed by atoms with Crippen LogP contribution in [0.2, 0.25) is 0 Å². The maximum absolute atomic E-state index is 11.4. The fourth-order valence-electron chi connectivity index (χ4n) is 1.54. The van der Waals surface area contributed by atoms with Gasteiger partial charge in [0.1, 0.15) is 5.75 Å². The molecule has 1 heterocycles. The van der Waals surface area contributed by atoms with E-state index in [0.29, 0.717) is 17.2 Å². The molecule has 0 spiro atoms. The maximum atomic E-state index is 11.4. The summed E-state index contributed by atoms with van der Waals surface area (Å²) in [6, 6.07) is 10.2. The van der Waals surface area contributed by atoms with E-state index in [1.165, 1.54) is 25.6 Å². The number of rotatable bonds is 4. The van der Waals surface area contributed by atoms with Crippen LogP contribution in [0.5, 0.6) is 11.6 Å². The van der Waals surface area contributed by atoms with Gasteiger partial charge in [0, 0.05) is 12.3 Å². The highest BCUT2D eigenvalue weighted by atomic mass is 16.5. The lowest BCUT2D eigenvalue weighted by Gasteiger charge is -2.06. The van der Waals surface area contributed by atoms with Gasteiger partial charge >= 0.3 is 5.97 Å². The van der Waals surface area contributed by atoms with Crippen molar-refractivity contribution in [1.29, 1.82) is 0 Å². The van der Waals surface area contributed by atoms with Gasteiger partial charge in [-0.15, -0.1) is 0 Å². The quantitative estimate of drug-likeness (QED) is 0.397. The van der Waals surface area contributed by atoms with Gasteiger partial charge in [-0.3, -0.25) is 0 Å². The summed E-state index contributed by atoms with van der Waals surface area (Å²) in [5.74, 6) is 5.53. The molecule has 2 N–H and O–H groups in total. The minimum Gasteiger partial charge on any atom is -0.465 e. The highest BCUT2D eigenvalue weighted by Gasteiger charge is 2.07. The molecule has 0 unspecified atom stereocenters. The molecule has 0 radical (unpaired) electrons. The van der Waals surface area contributed by atoms with Gasteiger partial charge in [-0.1, -0.05) is 0 Å². The van der Waals surface area contributed by atoms with Crippen molar-refractivity contribution in [2.75, 3.05) is 7.11 Å². The van der Waals surface area contributed by atoms with Gasteiger partial charge in [0.15, 0.2) is 0 Å². The van der Waals surface area contributed by atoms with Crippen molar-refractivity contribution in [1.82, 2.24) is 4.98 Å². The summed E-state index contributed by atoms with van der Waals surface area (Å²) < 4.78 is 10.2. The highest BCUT2D eigenvalue weighted by Crippen LogP contribution is 2.20. The standard InChI is InChI=1S/C14H13N3O3/c1-19-14(18)11-6-7-16-13(8-11)20-12-4-2-10(3-5-12)9-17-15/h2-9H,15H2,1H3. The second kappa shape index (κ2) is 6.33. The van der Waals surface area contributed by atoms with Crippen LogP contribution in [0.25, 0.3) is 0 Å². The molecule has 0 aliphatic carbocycles. The molecular weight excluding hydrogens is 258 g/mol. The molecule has 0 fully saturated rings. The summed E-state index contributed by atoms with van der Waals surface area (Å²) in [6.07, 6.45) is 3.01. The third kappa shape index (κ3) is 3.32. The largest absolute Gasteiger partial charge is 0.465 e. The van der Waals surface area contributed by atoms with E-state index < -0.39 is 5.97 Å². The Morgan fingerprint density at radius 3 is 2.70 bits per heavy atom. The van der Waals surface area contributed by atoms with Crippen LogP contribution in [0.15, 0.2) is 47.7 Å². The summed E-state index contributed by atoms with van der Waals surface area (Å²) in [6.45, 7) is 0. The Labute approximate surface area is 115 Å². The van der Waals surface area contributed by atoms with Gasteiger partial charge in [0.05, 0.1) is 18.9 Å². The molecule has 6 nitrogen and oxygen atoms in total. The number of esters is 1. The lowest BCUT2D eigenvalue weighted by atomic mass is 10.2. The number of carbonyl (C=O) groups excluding carboxylic acids is 1. The fourth-order valence-corrected chi connectivity index (χ4v) is 1.54. The van der Waals surface area contributed by atoms with E-state index >= 15 is 0 Å². The molecule has 102 valence electrons. The molecule has 1 aromatic heterocycles. The van der Waals surface area contributed by atoms with E-state index in [-0.39, 0.29) is 0 Å². The van der Waals surface area contributed by atoms with Crippen molar-refractivity contribution in [2.45, 2.75) is 0 Å². The predicted molar refractivity (Wildman–Crippen MR) is 73.9 cm³/mol. The zero-order valence-electron chi connectivity index (χ0n) is 10.8. The van der Waals surface area contributed by atoms with Crippen LogP contribution in [-0.4, -0.2) is 24.3 Å². The Morgan fingerprint density at radius 1 is 1.30 bits per heavy atom. The predicted octanol–water partition coefficient (Wildman–Crippen LogP) is 1.95. The van der Waals surface area contributed by atoms with Crippen LogP contribution in [0, 0.1) is 0 Å². The fraction of sp³-hybridized carbons (Fsp3) is 0.0714. The molecule has 0 saturated heterocycles. The molecule has 0 aliphatic rings. The Morgan fingerprint density at radius 2 is 2.05 bits per heavy atom. The minimum atomic E-state index is -0.438. The van der Waals surface area contributed by atoms with Gasteiger partial charge in [-0.25, -0.2) is 9.78 Å². The third-order valence-corrected chi connectivity index (χ3v) is 2.48. The van der Waals surface area contributed by atoms with Crippen molar-refractivity contribution in [3.8, 4) is 11.6 Å². The minimum absolute atomic E-state index is 0.313. The average molecular weight is 271 g/mol. The SMILES string of the molecule is COC(=O)c1ccnc(Oc2ccc(C=NN)cc2)c1. The van der Waals surface area contributed by atoms with Crippen molar-refractivity contribution in [3.63, 3.8) is 0 Å². The number of methoxy groups -OCH3 is 1. The Bertz CT molecular complexity index is 624. The Kier molecular flexibility index (Phi) is 4.28. The topological polar surface area (TPSA) is 86.8 Å². The van der Waals surface area contributed by atoms with Gasteiger partial charge < -0.3 is 15.3 Å². The number of pyridine rings is 1.